The largest absolute Gasteiger partial charge is 0.129 e. The molecule has 0 aromatic rings. The van der Waals surface area contributed by atoms with E-state index in [1.54, 1.807) is 0 Å². The van der Waals surface area contributed by atoms with Crippen molar-refractivity contribution >= 4 is 0 Å². The van der Waals surface area contributed by atoms with E-state index < -0.39 is 0 Å². The fraction of sp³-hybridized carbons (Fsp3) is 0.700. The van der Waals surface area contributed by atoms with Gasteiger partial charge in [0.25, 0.3) is 0 Å². The molecular formula is C10H18. The molecule has 0 saturated carbocycles. The maximum atomic E-state index is 3.17. The first kappa shape index (κ1) is 9.52. The van der Waals surface area contributed by atoms with E-state index in [0.29, 0.717) is 5.92 Å². The highest BCUT2D eigenvalue weighted by atomic mass is 14.1. The summed E-state index contributed by atoms with van der Waals surface area (Å²) in [5, 5.41) is 0. The smallest absolute Gasteiger partial charge is 0.0127 e. The molecule has 0 bridgehead atoms. The molecule has 0 rings (SSSR count). The van der Waals surface area contributed by atoms with Crippen LogP contribution in [0.1, 0.15) is 34.6 Å². The van der Waals surface area contributed by atoms with E-state index in [0.717, 1.165) is 0 Å². The predicted octanol–water partition coefficient (Wildman–Crippen LogP) is 3.40. The van der Waals surface area contributed by atoms with Crippen molar-refractivity contribution in [3.05, 3.63) is 17.9 Å². The van der Waals surface area contributed by atoms with E-state index in [-0.39, 0.29) is 5.41 Å². The van der Waals surface area contributed by atoms with E-state index in [1.165, 1.54) is 0 Å². The van der Waals surface area contributed by atoms with Crippen LogP contribution >= 0.6 is 0 Å². The van der Waals surface area contributed by atoms with Gasteiger partial charge in [-0.1, -0.05) is 34.6 Å². The summed E-state index contributed by atoms with van der Waals surface area (Å²) < 4.78 is 0. The van der Waals surface area contributed by atoms with Crippen LogP contribution in [0.5, 0.6) is 0 Å². The van der Waals surface area contributed by atoms with Gasteiger partial charge in [0.05, 0.1) is 0 Å². The summed E-state index contributed by atoms with van der Waals surface area (Å²) in [6.07, 6.45) is 4.19. The van der Waals surface area contributed by atoms with Gasteiger partial charge in [0.1, 0.15) is 0 Å². The Morgan fingerprint density at radius 3 is 2.00 bits per heavy atom. The molecule has 0 amide bonds. The lowest BCUT2D eigenvalue weighted by Gasteiger charge is -2.08. The van der Waals surface area contributed by atoms with Crippen LogP contribution in [0.15, 0.2) is 17.9 Å². The lowest BCUT2D eigenvalue weighted by molar-refractivity contribution is 0.545. The standard InChI is InChI=1S/C10H18/c1-9(2)7-6-8-10(3,4)5/h7-9H,1-5H3. The lowest BCUT2D eigenvalue weighted by Crippen LogP contribution is -1.97. The quantitative estimate of drug-likeness (QED) is 0.487. The van der Waals surface area contributed by atoms with E-state index >= 15 is 0 Å². The van der Waals surface area contributed by atoms with E-state index in [9.17, 15) is 0 Å². The van der Waals surface area contributed by atoms with Crippen LogP contribution in [0.3, 0.4) is 0 Å². The number of allylic oxidation sites excluding steroid dienone is 1. The second kappa shape index (κ2) is 3.63. The fourth-order valence-corrected chi connectivity index (χ4v) is 0.491. The van der Waals surface area contributed by atoms with Crippen LogP contribution in [0.2, 0.25) is 0 Å². The molecule has 0 radical (unpaired) electrons. The van der Waals surface area contributed by atoms with Crippen molar-refractivity contribution in [2.45, 2.75) is 34.6 Å². The molecular weight excluding hydrogens is 120 g/mol. The van der Waals surface area contributed by atoms with Gasteiger partial charge in [-0.15, -0.1) is 5.73 Å². The first-order chi connectivity index (χ1) is 4.42. The molecule has 0 nitrogen and oxygen atoms in total. The molecule has 0 unspecified atom stereocenters. The van der Waals surface area contributed by atoms with Crippen molar-refractivity contribution in [2.75, 3.05) is 0 Å². The maximum Gasteiger partial charge on any atom is -0.0127 e. The van der Waals surface area contributed by atoms with Crippen molar-refractivity contribution in [3.63, 3.8) is 0 Å². The molecule has 0 fully saturated rings. The molecule has 0 aliphatic heterocycles. The van der Waals surface area contributed by atoms with Gasteiger partial charge >= 0.3 is 0 Å². The van der Waals surface area contributed by atoms with Gasteiger partial charge in [-0.3, -0.25) is 0 Å². The minimum Gasteiger partial charge on any atom is -0.129 e. The highest BCUT2D eigenvalue weighted by Gasteiger charge is 2.01. The zero-order valence-electron chi connectivity index (χ0n) is 7.73. The van der Waals surface area contributed by atoms with Gasteiger partial charge in [-0.2, -0.15) is 0 Å². The molecule has 0 atom stereocenters. The Morgan fingerprint density at radius 2 is 1.70 bits per heavy atom. The van der Waals surface area contributed by atoms with Crippen molar-refractivity contribution in [1.29, 1.82) is 0 Å². The summed E-state index contributed by atoms with van der Waals surface area (Å²) in [6, 6.07) is 0. The minimum atomic E-state index is 0.269. The molecule has 0 aliphatic carbocycles. The second-order valence-corrected chi connectivity index (χ2v) is 4.09. The van der Waals surface area contributed by atoms with E-state index in [4.69, 9.17) is 0 Å². The molecule has 0 saturated heterocycles. The van der Waals surface area contributed by atoms with Crippen LogP contribution in [0, 0.1) is 11.3 Å². The Balaban J connectivity index is 3.99. The zero-order chi connectivity index (χ0) is 8.20. The lowest BCUT2D eigenvalue weighted by atomic mass is 9.97. The van der Waals surface area contributed by atoms with Crippen molar-refractivity contribution in [2.24, 2.45) is 11.3 Å². The SMILES string of the molecule is CC(C)C=C=CC(C)(C)C. The molecule has 0 aromatic heterocycles. The van der Waals surface area contributed by atoms with Crippen molar-refractivity contribution in [1.82, 2.24) is 0 Å². The van der Waals surface area contributed by atoms with Gasteiger partial charge in [0.15, 0.2) is 0 Å². The Kier molecular flexibility index (Phi) is 3.46. The van der Waals surface area contributed by atoms with Crippen LogP contribution in [0.25, 0.3) is 0 Å². The maximum absolute atomic E-state index is 3.17. The zero-order valence-corrected chi connectivity index (χ0v) is 7.73. The summed E-state index contributed by atoms with van der Waals surface area (Å²) in [5.74, 6) is 0.610. The number of hydrogen-bond acceptors (Lipinski definition) is 0. The molecule has 0 spiro atoms. The van der Waals surface area contributed by atoms with Crippen LogP contribution in [-0.4, -0.2) is 0 Å². The van der Waals surface area contributed by atoms with Gasteiger partial charge in [-0.05, 0) is 23.5 Å². The monoisotopic (exact) mass is 138 g/mol. The van der Waals surface area contributed by atoms with Gasteiger partial charge in [0, 0.05) is 0 Å². The van der Waals surface area contributed by atoms with Crippen LogP contribution in [-0.2, 0) is 0 Å². The third-order valence-electron chi connectivity index (χ3n) is 0.946. The molecule has 0 aromatic carbocycles. The highest BCUT2D eigenvalue weighted by Crippen LogP contribution is 2.13. The molecule has 58 valence electrons. The molecule has 0 aliphatic rings. The van der Waals surface area contributed by atoms with Gasteiger partial charge in [-0.25, -0.2) is 0 Å². The van der Waals surface area contributed by atoms with Crippen LogP contribution in [0.4, 0.5) is 0 Å². The Labute approximate surface area is 64.6 Å². The Bertz CT molecular complexity index is 138. The molecule has 10 heavy (non-hydrogen) atoms. The summed E-state index contributed by atoms with van der Waals surface area (Å²) in [6.45, 7) is 10.8. The Morgan fingerprint density at radius 1 is 1.20 bits per heavy atom. The number of rotatable bonds is 1. The first-order valence-electron chi connectivity index (χ1n) is 3.85. The summed E-state index contributed by atoms with van der Waals surface area (Å²) in [5.41, 5.74) is 3.44. The Hall–Kier alpha value is -0.480. The van der Waals surface area contributed by atoms with Crippen molar-refractivity contribution in [3.8, 4) is 0 Å². The third-order valence-corrected chi connectivity index (χ3v) is 0.946. The van der Waals surface area contributed by atoms with Gasteiger partial charge in [0.2, 0.25) is 0 Å². The summed E-state index contributed by atoms with van der Waals surface area (Å²) >= 11 is 0. The summed E-state index contributed by atoms with van der Waals surface area (Å²) in [7, 11) is 0. The number of hydrogen-bond donors (Lipinski definition) is 0. The summed E-state index contributed by atoms with van der Waals surface area (Å²) in [4.78, 5) is 0. The van der Waals surface area contributed by atoms with E-state index in [1.807, 2.05) is 0 Å². The van der Waals surface area contributed by atoms with E-state index in [2.05, 4.69) is 52.5 Å². The topological polar surface area (TPSA) is 0 Å². The molecule has 0 N–H and O–H groups in total. The third kappa shape index (κ3) is 7.52. The molecule has 0 heteroatoms. The second-order valence-electron chi connectivity index (χ2n) is 4.09. The average Bonchev–Trinajstić information content (AvgIpc) is 1.59. The fourth-order valence-electron chi connectivity index (χ4n) is 0.491. The van der Waals surface area contributed by atoms with Crippen LogP contribution < -0.4 is 0 Å². The van der Waals surface area contributed by atoms with Crippen molar-refractivity contribution < 1.29 is 0 Å². The minimum absolute atomic E-state index is 0.269. The normalized spacial score (nSPS) is 11.0. The molecule has 0 heterocycles. The first-order valence-corrected chi connectivity index (χ1v) is 3.85. The highest BCUT2D eigenvalue weighted by molar-refractivity contribution is 4.93. The predicted molar refractivity (Wildman–Crippen MR) is 46.9 cm³/mol. The van der Waals surface area contributed by atoms with Gasteiger partial charge < -0.3 is 0 Å². The average molecular weight is 138 g/mol.